The van der Waals surface area contributed by atoms with E-state index >= 15 is 0 Å². The standard InChI is InChI=1S/C9H9N5O/c10-9-12-7(13-14-9)8(15)11-6-4-2-1-3-5-6/h1-5H,(H,11,15)(H3,10,12,13,14). The second-order valence-corrected chi connectivity index (χ2v) is 2.86. The number of H-pyrrole nitrogens is 1. The number of para-hydroxylation sites is 1. The van der Waals surface area contributed by atoms with Gasteiger partial charge < -0.3 is 11.1 Å². The highest BCUT2D eigenvalue weighted by Gasteiger charge is 2.09. The number of aromatic nitrogens is 3. The Morgan fingerprint density at radius 1 is 1.33 bits per heavy atom. The fourth-order valence-electron chi connectivity index (χ4n) is 1.09. The Morgan fingerprint density at radius 3 is 2.67 bits per heavy atom. The van der Waals surface area contributed by atoms with E-state index in [1.165, 1.54) is 0 Å². The lowest BCUT2D eigenvalue weighted by molar-refractivity contribution is 0.101. The smallest absolute Gasteiger partial charge is 0.293 e. The Labute approximate surface area is 85.5 Å². The normalized spacial score (nSPS) is 9.87. The van der Waals surface area contributed by atoms with Gasteiger partial charge in [0, 0.05) is 5.69 Å². The number of nitrogens with two attached hydrogens (primary N) is 1. The number of nitrogens with zero attached hydrogens (tertiary/aromatic N) is 2. The number of anilines is 2. The van der Waals surface area contributed by atoms with Crippen LogP contribution in [0.15, 0.2) is 30.3 Å². The van der Waals surface area contributed by atoms with E-state index in [0.717, 1.165) is 0 Å². The number of hydrogen-bond acceptors (Lipinski definition) is 4. The number of aromatic amines is 1. The van der Waals surface area contributed by atoms with E-state index in [1.807, 2.05) is 18.2 Å². The topological polar surface area (TPSA) is 96.7 Å². The quantitative estimate of drug-likeness (QED) is 0.667. The summed E-state index contributed by atoms with van der Waals surface area (Å²) >= 11 is 0. The number of carbonyl (C=O) groups is 1. The molecule has 0 atom stereocenters. The van der Waals surface area contributed by atoms with E-state index in [4.69, 9.17) is 5.73 Å². The minimum Gasteiger partial charge on any atom is -0.366 e. The van der Waals surface area contributed by atoms with Crippen LogP contribution < -0.4 is 11.1 Å². The summed E-state index contributed by atoms with van der Waals surface area (Å²) in [5, 5.41) is 8.63. The molecular weight excluding hydrogens is 194 g/mol. The number of amides is 1. The Morgan fingerprint density at radius 2 is 2.07 bits per heavy atom. The van der Waals surface area contributed by atoms with Crippen LogP contribution in [0.1, 0.15) is 10.6 Å². The van der Waals surface area contributed by atoms with Crippen molar-refractivity contribution in [1.82, 2.24) is 15.2 Å². The number of hydrogen-bond donors (Lipinski definition) is 3. The first-order valence-corrected chi connectivity index (χ1v) is 4.30. The molecule has 0 saturated heterocycles. The Hall–Kier alpha value is -2.37. The van der Waals surface area contributed by atoms with Crippen LogP contribution in [0.5, 0.6) is 0 Å². The van der Waals surface area contributed by atoms with Gasteiger partial charge in [-0.1, -0.05) is 18.2 Å². The highest BCUT2D eigenvalue weighted by Crippen LogP contribution is 2.06. The predicted molar refractivity (Wildman–Crippen MR) is 55.2 cm³/mol. The van der Waals surface area contributed by atoms with Crippen molar-refractivity contribution in [2.45, 2.75) is 0 Å². The molecule has 0 bridgehead atoms. The van der Waals surface area contributed by atoms with Gasteiger partial charge >= 0.3 is 0 Å². The number of nitrogens with one attached hydrogen (secondary N) is 2. The molecule has 0 aliphatic carbocycles. The molecule has 0 saturated carbocycles. The van der Waals surface area contributed by atoms with Crippen LogP contribution in [0, 0.1) is 0 Å². The minimum atomic E-state index is -0.370. The van der Waals surface area contributed by atoms with Crippen molar-refractivity contribution in [3.05, 3.63) is 36.2 Å². The molecule has 76 valence electrons. The van der Waals surface area contributed by atoms with E-state index in [2.05, 4.69) is 20.5 Å². The lowest BCUT2D eigenvalue weighted by Gasteiger charge is -2.00. The zero-order valence-corrected chi connectivity index (χ0v) is 7.77. The Balaban J connectivity index is 2.11. The van der Waals surface area contributed by atoms with Crippen LogP contribution >= 0.6 is 0 Å². The first-order valence-electron chi connectivity index (χ1n) is 4.30. The second kappa shape index (κ2) is 3.79. The van der Waals surface area contributed by atoms with Gasteiger partial charge in [0.15, 0.2) is 0 Å². The van der Waals surface area contributed by atoms with Gasteiger partial charge in [0.25, 0.3) is 5.91 Å². The third-order valence-corrected chi connectivity index (χ3v) is 1.75. The van der Waals surface area contributed by atoms with Crippen molar-refractivity contribution in [1.29, 1.82) is 0 Å². The summed E-state index contributed by atoms with van der Waals surface area (Å²) in [6.45, 7) is 0. The second-order valence-electron chi connectivity index (χ2n) is 2.86. The minimum absolute atomic E-state index is 0.0493. The molecule has 1 aromatic heterocycles. The largest absolute Gasteiger partial charge is 0.366 e. The van der Waals surface area contributed by atoms with Crippen molar-refractivity contribution >= 4 is 17.5 Å². The molecular formula is C9H9N5O. The lowest BCUT2D eigenvalue weighted by Crippen LogP contribution is -2.13. The lowest BCUT2D eigenvalue weighted by atomic mass is 10.3. The summed E-state index contributed by atoms with van der Waals surface area (Å²) in [5.41, 5.74) is 5.97. The molecule has 6 nitrogen and oxygen atoms in total. The maximum atomic E-state index is 11.5. The molecule has 1 heterocycles. The number of carbonyl (C=O) groups excluding carboxylic acids is 1. The van der Waals surface area contributed by atoms with E-state index in [-0.39, 0.29) is 17.7 Å². The van der Waals surface area contributed by atoms with Crippen LogP contribution in [-0.4, -0.2) is 21.1 Å². The number of nitrogen functional groups attached to an aromatic ring is 1. The molecule has 2 rings (SSSR count). The monoisotopic (exact) mass is 203 g/mol. The average Bonchev–Trinajstić information content (AvgIpc) is 2.66. The van der Waals surface area contributed by atoms with Crippen molar-refractivity contribution in [3.63, 3.8) is 0 Å². The third kappa shape index (κ3) is 2.11. The summed E-state index contributed by atoms with van der Waals surface area (Å²) in [5.74, 6) is -0.227. The van der Waals surface area contributed by atoms with Crippen molar-refractivity contribution in [2.75, 3.05) is 11.1 Å². The van der Waals surface area contributed by atoms with Crippen LogP contribution in [-0.2, 0) is 0 Å². The highest BCUT2D eigenvalue weighted by molar-refractivity contribution is 6.01. The van der Waals surface area contributed by atoms with Gasteiger partial charge in [0.2, 0.25) is 11.8 Å². The van der Waals surface area contributed by atoms with Gasteiger partial charge in [-0.3, -0.25) is 9.89 Å². The molecule has 1 aromatic carbocycles. The first-order chi connectivity index (χ1) is 7.25. The summed E-state index contributed by atoms with van der Waals surface area (Å²) in [4.78, 5) is 15.2. The number of rotatable bonds is 2. The molecule has 0 radical (unpaired) electrons. The summed E-state index contributed by atoms with van der Waals surface area (Å²) < 4.78 is 0. The molecule has 15 heavy (non-hydrogen) atoms. The van der Waals surface area contributed by atoms with Gasteiger partial charge in [-0.2, -0.15) is 4.98 Å². The maximum absolute atomic E-state index is 11.5. The zero-order chi connectivity index (χ0) is 10.7. The van der Waals surface area contributed by atoms with Crippen molar-refractivity contribution < 1.29 is 4.79 Å². The fraction of sp³-hybridized carbons (Fsp3) is 0. The van der Waals surface area contributed by atoms with E-state index < -0.39 is 0 Å². The molecule has 0 unspecified atom stereocenters. The van der Waals surface area contributed by atoms with Gasteiger partial charge in [-0.15, -0.1) is 5.10 Å². The van der Waals surface area contributed by atoms with Crippen LogP contribution in [0.3, 0.4) is 0 Å². The SMILES string of the molecule is Nc1n[nH]c(C(=O)Nc2ccccc2)n1. The van der Waals surface area contributed by atoms with Gasteiger partial charge in [0.05, 0.1) is 0 Å². The van der Waals surface area contributed by atoms with Crippen molar-refractivity contribution in [2.24, 2.45) is 0 Å². The molecule has 0 spiro atoms. The van der Waals surface area contributed by atoms with E-state index in [0.29, 0.717) is 5.69 Å². The van der Waals surface area contributed by atoms with Crippen LogP contribution in [0.25, 0.3) is 0 Å². The van der Waals surface area contributed by atoms with Crippen LogP contribution in [0.2, 0.25) is 0 Å². The van der Waals surface area contributed by atoms with Crippen molar-refractivity contribution in [3.8, 4) is 0 Å². The first kappa shape index (κ1) is 9.20. The molecule has 1 amide bonds. The summed E-state index contributed by atoms with van der Waals surface area (Å²) in [7, 11) is 0. The Bertz CT molecular complexity index is 464. The molecule has 2 aromatic rings. The van der Waals surface area contributed by atoms with Gasteiger partial charge in [0.1, 0.15) is 0 Å². The van der Waals surface area contributed by atoms with Gasteiger partial charge in [-0.05, 0) is 12.1 Å². The fourth-order valence-corrected chi connectivity index (χ4v) is 1.09. The number of benzene rings is 1. The van der Waals surface area contributed by atoms with Crippen LogP contribution in [0.4, 0.5) is 11.6 Å². The third-order valence-electron chi connectivity index (χ3n) is 1.75. The summed E-state index contributed by atoms with van der Waals surface area (Å²) in [6, 6.07) is 9.06. The molecule has 4 N–H and O–H groups in total. The molecule has 0 fully saturated rings. The Kier molecular flexibility index (Phi) is 2.32. The highest BCUT2D eigenvalue weighted by atomic mass is 16.2. The molecule has 0 aliphatic heterocycles. The predicted octanol–water partition coefficient (Wildman–Crippen LogP) is 0.639. The summed E-state index contributed by atoms with van der Waals surface area (Å²) in [6.07, 6.45) is 0. The average molecular weight is 203 g/mol. The zero-order valence-electron chi connectivity index (χ0n) is 7.77. The maximum Gasteiger partial charge on any atom is 0.293 e. The molecule has 6 heteroatoms. The van der Waals surface area contributed by atoms with Gasteiger partial charge in [-0.25, -0.2) is 0 Å². The molecule has 0 aliphatic rings. The van der Waals surface area contributed by atoms with E-state index in [1.54, 1.807) is 12.1 Å². The van der Waals surface area contributed by atoms with E-state index in [9.17, 15) is 4.79 Å².